The Kier molecular flexibility index (Phi) is 6.02. The van der Waals surface area contributed by atoms with Gasteiger partial charge in [-0.05, 0) is 58.5 Å². The molecule has 0 aromatic carbocycles. The highest BCUT2D eigenvalue weighted by molar-refractivity contribution is 6.09. The van der Waals surface area contributed by atoms with Crippen molar-refractivity contribution in [3.8, 4) is 17.5 Å². The Labute approximate surface area is 228 Å². The van der Waals surface area contributed by atoms with Crippen molar-refractivity contribution in [2.24, 2.45) is 0 Å². The summed E-state index contributed by atoms with van der Waals surface area (Å²) in [6, 6.07) is 0.198. The lowest BCUT2D eigenvalue weighted by molar-refractivity contribution is -0.127. The fourth-order valence-corrected chi connectivity index (χ4v) is 7.48. The number of carbonyl (C=O) groups excluding carboxylic acids is 2. The van der Waals surface area contributed by atoms with Crippen LogP contribution in [0, 0.1) is 0 Å². The number of quaternary nitrogens is 1. The number of nitrogens with zero attached hydrogens (tertiary/aromatic N) is 6. The van der Waals surface area contributed by atoms with Crippen LogP contribution in [0.25, 0.3) is 11.6 Å². The van der Waals surface area contributed by atoms with Gasteiger partial charge in [0.25, 0.3) is 5.82 Å². The molecule has 2 amide bonds. The third-order valence-electron chi connectivity index (χ3n) is 9.72. The van der Waals surface area contributed by atoms with Gasteiger partial charge in [-0.15, -0.1) is 0 Å². The number of amides is 2. The number of anilines is 1. The minimum Gasteiger partial charge on any atom is -0.474 e. The summed E-state index contributed by atoms with van der Waals surface area (Å²) in [6.45, 7) is 2.96. The lowest BCUT2D eigenvalue weighted by atomic mass is 9.64. The molecular formula is C28H37N6O5+. The molecule has 2 aromatic rings. The molecule has 3 aliphatic heterocycles. The number of likely N-dealkylation sites (tertiary alicyclic amines) is 1. The summed E-state index contributed by atoms with van der Waals surface area (Å²) >= 11 is 0. The van der Waals surface area contributed by atoms with E-state index in [4.69, 9.17) is 24.0 Å². The molecule has 0 N–H and O–H groups in total. The number of fused-ring (bicyclic) bond motifs is 4. The van der Waals surface area contributed by atoms with Crippen molar-refractivity contribution < 1.29 is 23.6 Å². The maximum atomic E-state index is 13.7. The van der Waals surface area contributed by atoms with E-state index < -0.39 is 5.41 Å². The summed E-state index contributed by atoms with van der Waals surface area (Å²) < 4.78 is 18.2. The number of hydrogen-bond donors (Lipinski definition) is 0. The summed E-state index contributed by atoms with van der Waals surface area (Å²) in [4.78, 5) is 40.7. The first-order valence-corrected chi connectivity index (χ1v) is 14.5. The first-order chi connectivity index (χ1) is 18.9. The van der Waals surface area contributed by atoms with E-state index in [1.54, 1.807) is 11.9 Å². The van der Waals surface area contributed by atoms with Gasteiger partial charge in [0.05, 0.1) is 18.6 Å². The van der Waals surface area contributed by atoms with E-state index in [1.165, 1.54) is 0 Å². The summed E-state index contributed by atoms with van der Waals surface area (Å²) in [7, 11) is 3.87. The highest BCUT2D eigenvalue weighted by atomic mass is 16.5. The second-order valence-corrected chi connectivity index (χ2v) is 11.9. The molecule has 0 radical (unpaired) electrons. The largest absolute Gasteiger partial charge is 0.474 e. The van der Waals surface area contributed by atoms with Gasteiger partial charge in [0.1, 0.15) is 18.1 Å². The van der Waals surface area contributed by atoms with Crippen LogP contribution in [0.3, 0.4) is 0 Å². The highest BCUT2D eigenvalue weighted by Crippen LogP contribution is 2.50. The maximum Gasteiger partial charge on any atom is 0.432 e. The molecule has 2 spiro atoms. The molecule has 11 heteroatoms. The predicted octanol–water partition coefficient (Wildman–Crippen LogP) is 3.58. The van der Waals surface area contributed by atoms with E-state index in [9.17, 15) is 9.59 Å². The zero-order valence-electron chi connectivity index (χ0n) is 22.9. The number of likely N-dealkylation sites (N-methyl/N-ethyl adjacent to an activating group) is 1. The maximum absolute atomic E-state index is 13.7. The molecule has 5 heterocycles. The molecule has 2 aliphatic carbocycles. The van der Waals surface area contributed by atoms with E-state index in [0.29, 0.717) is 55.1 Å². The van der Waals surface area contributed by atoms with E-state index in [1.807, 2.05) is 0 Å². The van der Waals surface area contributed by atoms with E-state index in [2.05, 4.69) is 17.1 Å². The highest BCUT2D eigenvalue weighted by Gasteiger charge is 2.56. The van der Waals surface area contributed by atoms with Crippen molar-refractivity contribution in [3.05, 3.63) is 11.3 Å². The minimum absolute atomic E-state index is 0.0141. The lowest BCUT2D eigenvalue weighted by Crippen LogP contribution is -2.59. The van der Waals surface area contributed by atoms with Crippen LogP contribution in [0.5, 0.6) is 5.88 Å². The van der Waals surface area contributed by atoms with E-state index in [0.717, 1.165) is 75.6 Å². The third kappa shape index (κ3) is 3.69. The second-order valence-electron chi connectivity index (χ2n) is 11.9. The van der Waals surface area contributed by atoms with Gasteiger partial charge in [-0.25, -0.2) is 4.79 Å². The van der Waals surface area contributed by atoms with Crippen LogP contribution in [0.4, 0.5) is 16.3 Å². The Morgan fingerprint density at radius 2 is 1.95 bits per heavy atom. The molecule has 0 bridgehead atoms. The van der Waals surface area contributed by atoms with Gasteiger partial charge in [-0.2, -0.15) is 14.5 Å². The van der Waals surface area contributed by atoms with Gasteiger partial charge >= 0.3 is 6.03 Å². The third-order valence-corrected chi connectivity index (χ3v) is 9.72. The zero-order valence-corrected chi connectivity index (χ0v) is 22.9. The minimum atomic E-state index is -0.554. The van der Waals surface area contributed by atoms with Crippen LogP contribution in [-0.2, 0) is 21.4 Å². The molecule has 11 nitrogen and oxygen atoms in total. The number of rotatable bonds is 4. The molecule has 1 saturated carbocycles. The number of ketones is 1. The van der Waals surface area contributed by atoms with Crippen molar-refractivity contribution in [3.63, 3.8) is 0 Å². The Hall–Kier alpha value is -2.89. The summed E-state index contributed by atoms with van der Waals surface area (Å²) in [5.41, 5.74) is 1.74. The molecule has 5 aliphatic rings. The van der Waals surface area contributed by atoms with Crippen LogP contribution in [0.15, 0.2) is 4.52 Å². The second kappa shape index (κ2) is 9.35. The van der Waals surface area contributed by atoms with Crippen molar-refractivity contribution in [1.82, 2.24) is 24.5 Å². The van der Waals surface area contributed by atoms with Gasteiger partial charge in [0.15, 0.2) is 12.4 Å². The topological polar surface area (TPSA) is 111 Å². The van der Waals surface area contributed by atoms with Crippen LogP contribution in [-0.4, -0.2) is 85.0 Å². The fourth-order valence-electron chi connectivity index (χ4n) is 7.48. The monoisotopic (exact) mass is 537 g/mol. The molecule has 3 atom stereocenters. The van der Waals surface area contributed by atoms with Gasteiger partial charge < -0.3 is 18.9 Å². The van der Waals surface area contributed by atoms with Gasteiger partial charge in [0.2, 0.25) is 17.5 Å². The average molecular weight is 538 g/mol. The van der Waals surface area contributed by atoms with Crippen molar-refractivity contribution in [2.75, 3.05) is 52.0 Å². The molecule has 7 rings (SSSR count). The SMILES string of the molecule is CN1C(=O)[N+]2(CCCOC2)c2nc(-c3onc4c3CCC[C@@]43CCCCC3=O)nc(OC[C@@H]3CCCN3C)c21. The average Bonchev–Trinajstić information content (AvgIpc) is 3.63. The molecule has 1 unspecified atom stereocenters. The van der Waals surface area contributed by atoms with Gasteiger partial charge in [-0.1, -0.05) is 11.6 Å². The first kappa shape index (κ1) is 25.1. The van der Waals surface area contributed by atoms with Crippen molar-refractivity contribution >= 4 is 23.3 Å². The fraction of sp³-hybridized carbons (Fsp3) is 0.679. The Bertz CT molecular complexity index is 1320. The van der Waals surface area contributed by atoms with Crippen LogP contribution in [0.1, 0.15) is 69.0 Å². The number of ether oxygens (including phenoxy) is 2. The van der Waals surface area contributed by atoms with Crippen LogP contribution < -0.4 is 14.1 Å². The van der Waals surface area contributed by atoms with Crippen molar-refractivity contribution in [1.29, 1.82) is 0 Å². The van der Waals surface area contributed by atoms with Crippen molar-refractivity contribution in [2.45, 2.75) is 75.7 Å². The Balaban J connectivity index is 1.35. The first-order valence-electron chi connectivity index (χ1n) is 14.5. The Morgan fingerprint density at radius 3 is 2.72 bits per heavy atom. The van der Waals surface area contributed by atoms with E-state index in [-0.39, 0.29) is 29.1 Å². The number of urea groups is 1. The van der Waals surface area contributed by atoms with Crippen LogP contribution in [0.2, 0.25) is 0 Å². The lowest BCUT2D eigenvalue weighted by Gasteiger charge is -2.37. The summed E-state index contributed by atoms with van der Waals surface area (Å²) in [6.07, 6.45) is 8.79. The number of carbonyl (C=O) groups is 2. The summed E-state index contributed by atoms with van der Waals surface area (Å²) in [5, 5.41) is 4.51. The molecular weight excluding hydrogens is 500 g/mol. The molecule has 2 saturated heterocycles. The quantitative estimate of drug-likeness (QED) is 0.541. The smallest absolute Gasteiger partial charge is 0.432 e. The van der Waals surface area contributed by atoms with Gasteiger partial charge in [-0.3, -0.25) is 9.69 Å². The van der Waals surface area contributed by atoms with Gasteiger partial charge in [0, 0.05) is 31.5 Å². The number of aromatic nitrogens is 3. The number of hydrogen-bond acceptors (Lipinski definition) is 9. The number of Topliss-reactive ketones (excluding diaryl/α,β-unsaturated/α-hetero) is 1. The molecule has 2 aromatic heterocycles. The molecule has 3 fully saturated rings. The molecule has 208 valence electrons. The standard InChI is InChI=1S/C28H37N6O5/c1-32-13-6-8-18(32)16-38-26-21-25(34(27(36)33(21)2)14-7-15-37-17-34)29-24(30-26)22-19-9-5-12-28(23(19)31-39-22)11-4-3-10-20(28)35/h18H,3-17H2,1-2H3/q+1/t18-,28+,34?/m0/s1. The summed E-state index contributed by atoms with van der Waals surface area (Å²) in [5.74, 6) is 2.11. The normalized spacial score (nSPS) is 30.8. The zero-order chi connectivity index (χ0) is 26.8. The van der Waals surface area contributed by atoms with E-state index >= 15 is 0 Å². The predicted molar refractivity (Wildman–Crippen MR) is 143 cm³/mol. The van der Waals surface area contributed by atoms with Crippen LogP contribution >= 0.6 is 0 Å². The molecule has 39 heavy (non-hydrogen) atoms. The Morgan fingerprint density at radius 1 is 1.08 bits per heavy atom.